The first-order valence-corrected chi connectivity index (χ1v) is 8.27. The molecule has 1 fully saturated rings. The topological polar surface area (TPSA) is 26.3 Å². The van der Waals surface area contributed by atoms with Crippen LogP contribution in [0, 0.1) is 0 Å². The quantitative estimate of drug-likeness (QED) is 0.510. The zero-order valence-corrected chi connectivity index (χ0v) is 13.1. The number of hydrogen-bond donors (Lipinski definition) is 0. The van der Waals surface area contributed by atoms with Gasteiger partial charge in [0, 0.05) is 12.0 Å². The van der Waals surface area contributed by atoms with Gasteiger partial charge in [0.25, 0.3) is 0 Å². The summed E-state index contributed by atoms with van der Waals surface area (Å²) in [5.41, 5.74) is 2.00. The lowest BCUT2D eigenvalue weighted by Crippen LogP contribution is -2.08. The molecule has 0 unspecified atom stereocenters. The van der Waals surface area contributed by atoms with Crippen molar-refractivity contribution < 1.29 is 9.53 Å². The van der Waals surface area contributed by atoms with E-state index in [0.717, 1.165) is 49.2 Å². The van der Waals surface area contributed by atoms with Crippen molar-refractivity contribution in [3.8, 4) is 5.75 Å². The Morgan fingerprint density at radius 2 is 1.90 bits per heavy atom. The molecule has 0 saturated heterocycles. The van der Waals surface area contributed by atoms with E-state index >= 15 is 0 Å². The number of rotatable bonds is 7. The van der Waals surface area contributed by atoms with Crippen LogP contribution in [0.5, 0.6) is 5.75 Å². The van der Waals surface area contributed by atoms with Gasteiger partial charge >= 0.3 is 0 Å². The van der Waals surface area contributed by atoms with Gasteiger partial charge in [0.2, 0.25) is 0 Å². The first kappa shape index (κ1) is 15.8. The van der Waals surface area contributed by atoms with Crippen molar-refractivity contribution in [1.82, 2.24) is 0 Å². The van der Waals surface area contributed by atoms with Gasteiger partial charge in [-0.05, 0) is 43.4 Å². The van der Waals surface area contributed by atoms with E-state index in [1.54, 1.807) is 0 Å². The van der Waals surface area contributed by atoms with E-state index in [-0.39, 0.29) is 0 Å². The van der Waals surface area contributed by atoms with Crippen LogP contribution >= 0.6 is 0 Å². The Hall–Kier alpha value is -1.57. The van der Waals surface area contributed by atoms with E-state index in [1.807, 2.05) is 30.3 Å². The molecule has 0 bridgehead atoms. The van der Waals surface area contributed by atoms with Crippen LogP contribution in [0.2, 0.25) is 0 Å². The molecular formula is C19H26O2. The van der Waals surface area contributed by atoms with Gasteiger partial charge in [-0.25, -0.2) is 0 Å². The molecule has 1 saturated carbocycles. The highest BCUT2D eigenvalue weighted by atomic mass is 16.5. The Balaban J connectivity index is 1.99. The van der Waals surface area contributed by atoms with E-state index in [0.29, 0.717) is 12.2 Å². The molecule has 2 nitrogen and oxygen atoms in total. The summed E-state index contributed by atoms with van der Waals surface area (Å²) in [7, 11) is 0. The third-order valence-corrected chi connectivity index (χ3v) is 3.96. The molecular weight excluding hydrogens is 260 g/mol. The van der Waals surface area contributed by atoms with Crippen molar-refractivity contribution in [1.29, 1.82) is 0 Å². The molecule has 0 N–H and O–H groups in total. The minimum Gasteiger partial charge on any atom is -0.493 e. The summed E-state index contributed by atoms with van der Waals surface area (Å²) in [6.07, 6.45) is 10.6. The van der Waals surface area contributed by atoms with Crippen LogP contribution in [0.3, 0.4) is 0 Å². The van der Waals surface area contributed by atoms with E-state index in [4.69, 9.17) is 4.74 Å². The summed E-state index contributed by atoms with van der Waals surface area (Å²) in [6.45, 7) is 2.97. The fourth-order valence-electron chi connectivity index (χ4n) is 2.68. The fourth-order valence-corrected chi connectivity index (χ4v) is 2.68. The van der Waals surface area contributed by atoms with Crippen molar-refractivity contribution in [2.75, 3.05) is 6.61 Å². The number of unbranched alkanes of at least 4 members (excludes halogenated alkanes) is 3. The lowest BCUT2D eigenvalue weighted by atomic mass is 9.92. The maximum Gasteiger partial charge on any atom is 0.158 e. The second-order valence-corrected chi connectivity index (χ2v) is 5.75. The van der Waals surface area contributed by atoms with Crippen molar-refractivity contribution in [3.63, 3.8) is 0 Å². The van der Waals surface area contributed by atoms with Gasteiger partial charge in [0.15, 0.2) is 5.78 Å². The van der Waals surface area contributed by atoms with Crippen LogP contribution in [0.1, 0.15) is 63.9 Å². The van der Waals surface area contributed by atoms with E-state index in [2.05, 4.69) is 6.92 Å². The van der Waals surface area contributed by atoms with Gasteiger partial charge in [-0.1, -0.05) is 44.4 Å². The summed E-state index contributed by atoms with van der Waals surface area (Å²) in [5, 5.41) is 0. The number of hydrogen-bond acceptors (Lipinski definition) is 2. The SMILES string of the molecule is CCCCCCOc1ccccc1/C=C1\CCCCC1=O. The first-order chi connectivity index (χ1) is 10.3. The lowest BCUT2D eigenvalue weighted by molar-refractivity contribution is -0.116. The molecule has 0 aliphatic heterocycles. The molecule has 0 amide bonds. The van der Waals surface area contributed by atoms with Gasteiger partial charge in [0.1, 0.15) is 5.75 Å². The number of ketones is 1. The number of ether oxygens (including phenoxy) is 1. The number of carbonyl (C=O) groups excluding carboxylic acids is 1. The molecule has 1 aromatic carbocycles. The standard InChI is InChI=1S/C19H26O2/c1-2-3-4-9-14-21-19-13-8-6-11-17(19)15-16-10-5-7-12-18(16)20/h6,8,11,13,15H,2-5,7,9-10,12,14H2,1H3/b16-15+. The Bertz CT molecular complexity index is 488. The molecule has 1 aromatic rings. The van der Waals surface area contributed by atoms with Gasteiger partial charge in [-0.3, -0.25) is 4.79 Å². The van der Waals surface area contributed by atoms with Gasteiger partial charge < -0.3 is 4.74 Å². The molecule has 0 spiro atoms. The number of allylic oxidation sites excluding steroid dienone is 1. The summed E-state index contributed by atoms with van der Waals surface area (Å²) in [6, 6.07) is 8.03. The van der Waals surface area contributed by atoms with Crippen LogP contribution in [-0.2, 0) is 4.79 Å². The highest BCUT2D eigenvalue weighted by Gasteiger charge is 2.15. The van der Waals surface area contributed by atoms with Crippen LogP contribution < -0.4 is 4.74 Å². The van der Waals surface area contributed by atoms with E-state index in [9.17, 15) is 4.79 Å². The molecule has 0 heterocycles. The molecule has 1 aliphatic rings. The minimum absolute atomic E-state index is 0.305. The second-order valence-electron chi connectivity index (χ2n) is 5.75. The zero-order valence-electron chi connectivity index (χ0n) is 13.1. The molecule has 2 heteroatoms. The molecule has 0 atom stereocenters. The molecule has 114 valence electrons. The van der Waals surface area contributed by atoms with Crippen molar-refractivity contribution in [2.24, 2.45) is 0 Å². The Morgan fingerprint density at radius 3 is 2.71 bits per heavy atom. The Morgan fingerprint density at radius 1 is 1.10 bits per heavy atom. The van der Waals surface area contributed by atoms with Crippen LogP contribution in [0.15, 0.2) is 29.8 Å². The van der Waals surface area contributed by atoms with E-state index < -0.39 is 0 Å². The maximum absolute atomic E-state index is 11.9. The largest absolute Gasteiger partial charge is 0.493 e. The third-order valence-electron chi connectivity index (χ3n) is 3.96. The van der Waals surface area contributed by atoms with E-state index in [1.165, 1.54) is 19.3 Å². The smallest absolute Gasteiger partial charge is 0.158 e. The highest BCUT2D eigenvalue weighted by Crippen LogP contribution is 2.26. The predicted molar refractivity (Wildman–Crippen MR) is 87.5 cm³/mol. The average Bonchev–Trinajstić information content (AvgIpc) is 2.51. The second kappa shape index (κ2) is 8.66. The van der Waals surface area contributed by atoms with Gasteiger partial charge in [-0.15, -0.1) is 0 Å². The third kappa shape index (κ3) is 5.04. The van der Waals surface area contributed by atoms with Crippen LogP contribution in [0.25, 0.3) is 6.08 Å². The zero-order chi connectivity index (χ0) is 14.9. The Labute approximate surface area is 128 Å². The van der Waals surface area contributed by atoms with Crippen molar-refractivity contribution >= 4 is 11.9 Å². The number of benzene rings is 1. The Kier molecular flexibility index (Phi) is 6.52. The van der Waals surface area contributed by atoms with Gasteiger partial charge in [-0.2, -0.15) is 0 Å². The predicted octanol–water partition coefficient (Wildman–Crippen LogP) is 5.17. The molecule has 21 heavy (non-hydrogen) atoms. The monoisotopic (exact) mass is 286 g/mol. The summed E-state index contributed by atoms with van der Waals surface area (Å²) >= 11 is 0. The van der Waals surface area contributed by atoms with Crippen molar-refractivity contribution in [2.45, 2.75) is 58.3 Å². The summed E-state index contributed by atoms with van der Waals surface area (Å²) < 4.78 is 5.90. The molecule has 2 rings (SSSR count). The normalized spacial score (nSPS) is 17.2. The van der Waals surface area contributed by atoms with Crippen LogP contribution in [0.4, 0.5) is 0 Å². The molecule has 1 aliphatic carbocycles. The lowest BCUT2D eigenvalue weighted by Gasteiger charge is -2.14. The highest BCUT2D eigenvalue weighted by molar-refractivity contribution is 6.00. The van der Waals surface area contributed by atoms with Crippen molar-refractivity contribution in [3.05, 3.63) is 35.4 Å². The number of para-hydroxylation sites is 1. The molecule has 0 radical (unpaired) electrons. The summed E-state index contributed by atoms with van der Waals surface area (Å²) in [5.74, 6) is 1.21. The fraction of sp³-hybridized carbons (Fsp3) is 0.526. The van der Waals surface area contributed by atoms with Crippen LogP contribution in [-0.4, -0.2) is 12.4 Å². The first-order valence-electron chi connectivity index (χ1n) is 8.27. The number of Topliss-reactive ketones (excluding diaryl/α,β-unsaturated/α-hetero) is 1. The molecule has 0 aromatic heterocycles. The number of carbonyl (C=O) groups is 1. The maximum atomic E-state index is 11.9. The minimum atomic E-state index is 0.305. The average molecular weight is 286 g/mol. The summed E-state index contributed by atoms with van der Waals surface area (Å²) in [4.78, 5) is 11.9. The van der Waals surface area contributed by atoms with Gasteiger partial charge in [0.05, 0.1) is 6.61 Å².